The fraction of sp³-hybridized carbons (Fsp3) is 0.300. The highest BCUT2D eigenvalue weighted by Crippen LogP contribution is 2.27. The van der Waals surface area contributed by atoms with Crippen LogP contribution in [0, 0.1) is 10.5 Å². The highest BCUT2D eigenvalue weighted by Gasteiger charge is 2.09. The molecule has 0 aromatic heterocycles. The van der Waals surface area contributed by atoms with E-state index in [-0.39, 0.29) is 12.6 Å². The molecule has 0 saturated heterocycles. The molecular formula is C10H11IO3. The van der Waals surface area contributed by atoms with E-state index in [4.69, 9.17) is 9.84 Å². The van der Waals surface area contributed by atoms with Gasteiger partial charge in [0.25, 0.3) is 0 Å². The molecule has 4 heteroatoms. The number of esters is 1. The summed E-state index contributed by atoms with van der Waals surface area (Å²) in [5, 5.41) is 8.95. The third-order valence-electron chi connectivity index (χ3n) is 1.72. The number of hydrogen-bond acceptors (Lipinski definition) is 3. The molecule has 0 aliphatic rings. The van der Waals surface area contributed by atoms with E-state index >= 15 is 0 Å². The van der Waals surface area contributed by atoms with Crippen molar-refractivity contribution in [3.63, 3.8) is 0 Å². The van der Waals surface area contributed by atoms with E-state index in [1.54, 1.807) is 12.1 Å². The SMILES string of the molecule is CC(=O)Oc1c(C)cc(CO)cc1I. The third kappa shape index (κ3) is 2.68. The molecule has 0 radical (unpaired) electrons. The van der Waals surface area contributed by atoms with E-state index in [1.165, 1.54) is 6.92 Å². The lowest BCUT2D eigenvalue weighted by atomic mass is 10.1. The van der Waals surface area contributed by atoms with Gasteiger partial charge in [-0.15, -0.1) is 0 Å². The Morgan fingerprint density at radius 1 is 1.57 bits per heavy atom. The number of aliphatic hydroxyl groups is 1. The molecule has 1 aromatic carbocycles. The van der Waals surface area contributed by atoms with Crippen molar-refractivity contribution in [1.82, 2.24) is 0 Å². The molecule has 0 amide bonds. The molecule has 0 fully saturated rings. The number of aliphatic hydroxyl groups excluding tert-OH is 1. The van der Waals surface area contributed by atoms with E-state index in [1.807, 2.05) is 6.92 Å². The molecule has 14 heavy (non-hydrogen) atoms. The van der Waals surface area contributed by atoms with E-state index in [0.717, 1.165) is 14.7 Å². The first kappa shape index (κ1) is 11.5. The van der Waals surface area contributed by atoms with Gasteiger partial charge in [-0.1, -0.05) is 0 Å². The fourth-order valence-electron chi connectivity index (χ4n) is 1.17. The van der Waals surface area contributed by atoms with Crippen molar-refractivity contribution >= 4 is 28.6 Å². The van der Waals surface area contributed by atoms with Gasteiger partial charge >= 0.3 is 5.97 Å². The van der Waals surface area contributed by atoms with Crippen LogP contribution in [0.3, 0.4) is 0 Å². The largest absolute Gasteiger partial charge is 0.425 e. The number of carbonyl (C=O) groups excluding carboxylic acids is 1. The Hall–Kier alpha value is -0.620. The van der Waals surface area contributed by atoms with Crippen LogP contribution in [0.5, 0.6) is 5.75 Å². The average Bonchev–Trinajstić information content (AvgIpc) is 2.10. The fourth-order valence-corrected chi connectivity index (χ4v) is 2.10. The van der Waals surface area contributed by atoms with Crippen LogP contribution in [-0.4, -0.2) is 11.1 Å². The Balaban J connectivity index is 3.11. The predicted octanol–water partition coefficient (Wildman–Crippen LogP) is 2.02. The molecule has 0 spiro atoms. The Kier molecular flexibility index (Phi) is 3.88. The minimum absolute atomic E-state index is 0.00278. The zero-order valence-corrected chi connectivity index (χ0v) is 10.2. The molecule has 1 N–H and O–H groups in total. The summed E-state index contributed by atoms with van der Waals surface area (Å²) in [5.74, 6) is 0.248. The normalized spacial score (nSPS) is 10.0. The summed E-state index contributed by atoms with van der Waals surface area (Å²) < 4.78 is 5.88. The number of aryl methyl sites for hydroxylation is 1. The van der Waals surface area contributed by atoms with Crippen molar-refractivity contribution in [2.75, 3.05) is 0 Å². The number of benzene rings is 1. The Labute approximate surface area is 96.2 Å². The topological polar surface area (TPSA) is 46.5 Å². The Morgan fingerprint density at radius 2 is 2.21 bits per heavy atom. The molecule has 0 aliphatic carbocycles. The molecule has 0 aliphatic heterocycles. The Bertz CT molecular complexity index is 337. The maximum atomic E-state index is 10.8. The van der Waals surface area contributed by atoms with Gasteiger partial charge in [0, 0.05) is 6.92 Å². The number of halogens is 1. The second kappa shape index (κ2) is 4.75. The van der Waals surface area contributed by atoms with Crippen molar-refractivity contribution in [3.05, 3.63) is 26.8 Å². The standard InChI is InChI=1S/C10H11IO3/c1-6-3-8(5-12)4-9(11)10(6)14-7(2)13/h3-4,12H,5H2,1-2H3. The van der Waals surface area contributed by atoms with Crippen LogP contribution in [0.25, 0.3) is 0 Å². The first-order valence-electron chi connectivity index (χ1n) is 4.13. The first-order chi connectivity index (χ1) is 6.54. The van der Waals surface area contributed by atoms with Crippen LogP contribution in [0.15, 0.2) is 12.1 Å². The van der Waals surface area contributed by atoms with Crippen LogP contribution in [0.2, 0.25) is 0 Å². The highest BCUT2D eigenvalue weighted by atomic mass is 127. The van der Waals surface area contributed by atoms with Gasteiger partial charge < -0.3 is 9.84 Å². The molecule has 1 aromatic rings. The van der Waals surface area contributed by atoms with Gasteiger partial charge in [0.1, 0.15) is 5.75 Å². The molecule has 1 rings (SSSR count). The van der Waals surface area contributed by atoms with Gasteiger partial charge in [0.2, 0.25) is 0 Å². The van der Waals surface area contributed by atoms with Gasteiger partial charge in [-0.25, -0.2) is 0 Å². The third-order valence-corrected chi connectivity index (χ3v) is 2.52. The smallest absolute Gasteiger partial charge is 0.308 e. The van der Waals surface area contributed by atoms with Crippen molar-refractivity contribution in [2.24, 2.45) is 0 Å². The van der Waals surface area contributed by atoms with Crippen LogP contribution in [0.1, 0.15) is 18.1 Å². The van der Waals surface area contributed by atoms with Gasteiger partial charge in [0.15, 0.2) is 0 Å². The van der Waals surface area contributed by atoms with Crippen molar-refractivity contribution < 1.29 is 14.6 Å². The lowest BCUT2D eigenvalue weighted by Gasteiger charge is -2.09. The average molecular weight is 306 g/mol. The van der Waals surface area contributed by atoms with Crippen molar-refractivity contribution in [3.8, 4) is 5.75 Å². The molecule has 0 bridgehead atoms. The molecule has 0 heterocycles. The van der Waals surface area contributed by atoms with Crippen molar-refractivity contribution in [1.29, 1.82) is 0 Å². The summed E-state index contributed by atoms with van der Waals surface area (Å²) in [7, 11) is 0. The van der Waals surface area contributed by atoms with E-state index < -0.39 is 0 Å². The second-order valence-corrected chi connectivity index (χ2v) is 4.14. The summed E-state index contributed by atoms with van der Waals surface area (Å²) >= 11 is 2.08. The van der Waals surface area contributed by atoms with Gasteiger partial charge in [-0.2, -0.15) is 0 Å². The zero-order chi connectivity index (χ0) is 10.7. The van der Waals surface area contributed by atoms with Gasteiger partial charge in [-0.3, -0.25) is 4.79 Å². The molecular weight excluding hydrogens is 295 g/mol. The molecule has 3 nitrogen and oxygen atoms in total. The number of hydrogen-bond donors (Lipinski definition) is 1. The number of carbonyl (C=O) groups is 1. The maximum absolute atomic E-state index is 10.8. The lowest BCUT2D eigenvalue weighted by molar-refractivity contribution is -0.131. The van der Waals surface area contributed by atoms with E-state index in [0.29, 0.717) is 5.75 Å². The van der Waals surface area contributed by atoms with Crippen LogP contribution >= 0.6 is 22.6 Å². The predicted molar refractivity (Wildman–Crippen MR) is 61.1 cm³/mol. The van der Waals surface area contributed by atoms with Crippen LogP contribution in [-0.2, 0) is 11.4 Å². The zero-order valence-electron chi connectivity index (χ0n) is 8.00. The van der Waals surface area contributed by atoms with E-state index in [2.05, 4.69) is 22.6 Å². The molecule has 0 unspecified atom stereocenters. The summed E-state index contributed by atoms with van der Waals surface area (Å²) in [6.07, 6.45) is 0. The van der Waals surface area contributed by atoms with Crippen LogP contribution < -0.4 is 4.74 Å². The second-order valence-electron chi connectivity index (χ2n) is 2.98. The quantitative estimate of drug-likeness (QED) is 0.516. The number of rotatable bonds is 2. The van der Waals surface area contributed by atoms with Gasteiger partial charge in [-0.05, 0) is 52.8 Å². The van der Waals surface area contributed by atoms with Gasteiger partial charge in [0.05, 0.1) is 10.2 Å². The summed E-state index contributed by atoms with van der Waals surface area (Å²) in [5.41, 5.74) is 1.68. The lowest BCUT2D eigenvalue weighted by Crippen LogP contribution is -2.05. The van der Waals surface area contributed by atoms with Crippen LogP contribution in [0.4, 0.5) is 0 Å². The molecule has 76 valence electrons. The molecule has 0 saturated carbocycles. The number of ether oxygens (including phenoxy) is 1. The first-order valence-corrected chi connectivity index (χ1v) is 5.20. The van der Waals surface area contributed by atoms with Crippen molar-refractivity contribution in [2.45, 2.75) is 20.5 Å². The minimum atomic E-state index is -0.331. The highest BCUT2D eigenvalue weighted by molar-refractivity contribution is 14.1. The summed E-state index contributed by atoms with van der Waals surface area (Å²) in [4.78, 5) is 10.8. The maximum Gasteiger partial charge on any atom is 0.308 e. The minimum Gasteiger partial charge on any atom is -0.425 e. The summed E-state index contributed by atoms with van der Waals surface area (Å²) in [6.45, 7) is 3.21. The Morgan fingerprint density at radius 3 is 2.64 bits per heavy atom. The summed E-state index contributed by atoms with van der Waals surface area (Å²) in [6, 6.07) is 3.60. The molecule has 0 atom stereocenters. The monoisotopic (exact) mass is 306 g/mol. The van der Waals surface area contributed by atoms with E-state index in [9.17, 15) is 4.79 Å².